The third kappa shape index (κ3) is 5.12. The predicted molar refractivity (Wildman–Crippen MR) is 130 cm³/mol. The average molecular weight is 451 g/mol. The molecule has 0 unspecified atom stereocenters. The highest BCUT2D eigenvalue weighted by Crippen LogP contribution is 2.31. The van der Waals surface area contributed by atoms with Gasteiger partial charge in [0.15, 0.2) is 0 Å². The van der Waals surface area contributed by atoms with Gasteiger partial charge in [0.05, 0.1) is 42.3 Å². The first kappa shape index (κ1) is 22.1. The molecule has 2 aliphatic carbocycles. The first-order chi connectivity index (χ1) is 16.3. The number of ether oxygens (including phenoxy) is 2. The molecule has 0 amide bonds. The molecule has 0 saturated heterocycles. The third-order valence-corrected chi connectivity index (χ3v) is 6.71. The van der Waals surface area contributed by atoms with E-state index in [-0.39, 0.29) is 0 Å². The lowest BCUT2D eigenvalue weighted by atomic mass is 10.1. The number of anilines is 2. The Morgan fingerprint density at radius 1 is 0.970 bits per heavy atom. The zero-order valence-corrected chi connectivity index (χ0v) is 19.4. The van der Waals surface area contributed by atoms with Gasteiger partial charge in [0.2, 0.25) is 5.95 Å². The van der Waals surface area contributed by atoms with Gasteiger partial charge in [0.1, 0.15) is 5.82 Å². The summed E-state index contributed by atoms with van der Waals surface area (Å²) in [5.74, 6) is 1.70. The minimum absolute atomic E-state index is 0.401. The smallest absolute Gasteiger partial charge is 0.223 e. The van der Waals surface area contributed by atoms with Crippen LogP contribution in [0.4, 0.5) is 11.8 Å². The molecule has 3 aromatic rings. The molecule has 0 bridgehead atoms. The van der Waals surface area contributed by atoms with E-state index in [1.165, 1.54) is 51.4 Å². The van der Waals surface area contributed by atoms with Crippen LogP contribution in [0.3, 0.4) is 0 Å². The number of hydrogen-bond donors (Lipinski definition) is 2. The summed E-state index contributed by atoms with van der Waals surface area (Å²) in [6, 6.07) is 9.23. The molecule has 2 N–H and O–H groups in total. The monoisotopic (exact) mass is 450 g/mol. The lowest BCUT2D eigenvalue weighted by Gasteiger charge is -2.14. The van der Waals surface area contributed by atoms with E-state index >= 15 is 0 Å². The van der Waals surface area contributed by atoms with Gasteiger partial charge in [-0.15, -0.1) is 0 Å². The number of nitrogens with one attached hydrogen (secondary N) is 2. The topological polar surface area (TPSA) is 85.6 Å². The molecule has 0 radical (unpaired) electrons. The van der Waals surface area contributed by atoms with Gasteiger partial charge in [-0.05, 0) is 43.9 Å². The summed E-state index contributed by atoms with van der Waals surface area (Å²) in [5, 5.41) is 12.2. The normalized spacial score (nSPS) is 17.2. The number of fused-ring (bicyclic) bond motifs is 1. The molecule has 8 heteroatoms. The van der Waals surface area contributed by atoms with Crippen molar-refractivity contribution in [1.29, 1.82) is 0 Å². The van der Waals surface area contributed by atoms with E-state index in [2.05, 4.69) is 33.8 Å². The van der Waals surface area contributed by atoms with Crippen molar-refractivity contribution in [2.45, 2.75) is 70.1 Å². The van der Waals surface area contributed by atoms with Crippen molar-refractivity contribution < 1.29 is 9.47 Å². The van der Waals surface area contributed by atoms with Crippen molar-refractivity contribution >= 4 is 17.3 Å². The maximum atomic E-state index is 5.88. The average Bonchev–Trinajstić information content (AvgIpc) is 3.59. The summed E-state index contributed by atoms with van der Waals surface area (Å²) in [7, 11) is 1.68. The van der Waals surface area contributed by atoms with E-state index in [0.29, 0.717) is 37.9 Å². The zero-order chi connectivity index (χ0) is 22.5. The van der Waals surface area contributed by atoms with Gasteiger partial charge < -0.3 is 20.1 Å². The molecule has 2 saturated carbocycles. The van der Waals surface area contributed by atoms with E-state index in [4.69, 9.17) is 19.6 Å². The van der Waals surface area contributed by atoms with E-state index < -0.39 is 0 Å². The summed E-state index contributed by atoms with van der Waals surface area (Å²) >= 11 is 0. The number of hydrogen-bond acceptors (Lipinski definition) is 7. The van der Waals surface area contributed by atoms with Gasteiger partial charge in [0.25, 0.3) is 0 Å². The van der Waals surface area contributed by atoms with Crippen LogP contribution in [0.15, 0.2) is 30.5 Å². The number of rotatable bonds is 10. The molecule has 2 aliphatic rings. The first-order valence-corrected chi connectivity index (χ1v) is 12.3. The predicted octanol–water partition coefficient (Wildman–Crippen LogP) is 4.66. The van der Waals surface area contributed by atoms with Gasteiger partial charge in [-0.3, -0.25) is 0 Å². The number of methoxy groups -OCH3 is 1. The molecule has 0 aromatic carbocycles. The maximum Gasteiger partial charge on any atom is 0.223 e. The highest BCUT2D eigenvalue weighted by molar-refractivity contribution is 5.82. The van der Waals surface area contributed by atoms with Crippen LogP contribution in [0, 0.1) is 0 Å². The van der Waals surface area contributed by atoms with Crippen molar-refractivity contribution in [3.63, 3.8) is 0 Å². The van der Waals surface area contributed by atoms with Crippen LogP contribution in [0.2, 0.25) is 0 Å². The number of pyridine rings is 1. The molecule has 8 nitrogen and oxygen atoms in total. The van der Waals surface area contributed by atoms with Crippen molar-refractivity contribution in [1.82, 2.24) is 19.6 Å². The van der Waals surface area contributed by atoms with Crippen molar-refractivity contribution in [3.05, 3.63) is 36.2 Å². The molecule has 0 spiro atoms. The van der Waals surface area contributed by atoms with E-state index in [0.717, 1.165) is 28.3 Å². The largest absolute Gasteiger partial charge is 0.382 e. The van der Waals surface area contributed by atoms with Crippen molar-refractivity contribution in [2.24, 2.45) is 0 Å². The Kier molecular flexibility index (Phi) is 7.02. The summed E-state index contributed by atoms with van der Waals surface area (Å²) in [5.41, 5.74) is 3.76. The summed E-state index contributed by atoms with van der Waals surface area (Å²) in [4.78, 5) is 9.38. The van der Waals surface area contributed by atoms with Gasteiger partial charge in [-0.2, -0.15) is 5.10 Å². The summed E-state index contributed by atoms with van der Waals surface area (Å²) in [6.07, 6.45) is 11.7. The third-order valence-electron chi connectivity index (χ3n) is 6.71. The van der Waals surface area contributed by atoms with E-state index in [1.54, 1.807) is 7.11 Å². The number of nitrogens with zero attached hydrogens (tertiary/aromatic N) is 4. The van der Waals surface area contributed by atoms with Crippen LogP contribution in [-0.4, -0.2) is 52.0 Å². The Labute approximate surface area is 195 Å². The second-order valence-corrected chi connectivity index (χ2v) is 9.09. The Balaban J connectivity index is 1.49. The van der Waals surface area contributed by atoms with Crippen molar-refractivity contribution in [3.8, 4) is 11.3 Å². The Morgan fingerprint density at radius 2 is 1.73 bits per heavy atom. The molecule has 33 heavy (non-hydrogen) atoms. The second kappa shape index (κ2) is 10.5. The molecule has 0 aliphatic heterocycles. The van der Waals surface area contributed by atoms with E-state index in [9.17, 15) is 0 Å². The molecule has 3 aromatic heterocycles. The highest BCUT2D eigenvalue weighted by atomic mass is 16.5. The number of aromatic nitrogens is 4. The molecule has 5 rings (SSSR count). The summed E-state index contributed by atoms with van der Waals surface area (Å²) in [6.45, 7) is 1.48. The summed E-state index contributed by atoms with van der Waals surface area (Å²) < 4.78 is 13.0. The standard InChI is InChI=1S/C25H34N6O2/c1-32-15-16-33-17-21-24(20-13-14-26-25(29-20)28-19-9-4-5-10-19)22-11-6-12-23(31(22)30-21)27-18-7-2-3-8-18/h6,11-14,18-19,27H,2-5,7-10,15-17H2,1H3,(H,26,28,29). The fraction of sp³-hybridized carbons (Fsp3) is 0.560. The minimum atomic E-state index is 0.401. The fourth-order valence-electron chi connectivity index (χ4n) is 5.02. The maximum absolute atomic E-state index is 5.88. The Hall–Kier alpha value is -2.71. The van der Waals surface area contributed by atoms with Gasteiger partial charge >= 0.3 is 0 Å². The molecular weight excluding hydrogens is 416 g/mol. The minimum Gasteiger partial charge on any atom is -0.382 e. The van der Waals surface area contributed by atoms with Crippen LogP contribution in [0.25, 0.3) is 16.8 Å². The van der Waals surface area contributed by atoms with Gasteiger partial charge in [-0.1, -0.05) is 31.7 Å². The lowest BCUT2D eigenvalue weighted by molar-refractivity contribution is 0.0603. The molecule has 0 atom stereocenters. The molecule has 176 valence electrons. The molecule has 3 heterocycles. The van der Waals surface area contributed by atoms with Crippen LogP contribution in [0.1, 0.15) is 57.1 Å². The van der Waals surface area contributed by atoms with Crippen LogP contribution >= 0.6 is 0 Å². The lowest BCUT2D eigenvalue weighted by Crippen LogP contribution is -2.17. The van der Waals surface area contributed by atoms with Gasteiger partial charge in [0, 0.05) is 25.4 Å². The fourth-order valence-corrected chi connectivity index (χ4v) is 5.02. The first-order valence-electron chi connectivity index (χ1n) is 12.3. The van der Waals surface area contributed by atoms with Crippen LogP contribution < -0.4 is 10.6 Å². The van der Waals surface area contributed by atoms with Crippen LogP contribution in [0.5, 0.6) is 0 Å². The molecular formula is C25H34N6O2. The quantitative estimate of drug-likeness (QED) is 0.434. The van der Waals surface area contributed by atoms with E-state index in [1.807, 2.05) is 16.8 Å². The molecule has 2 fully saturated rings. The van der Waals surface area contributed by atoms with Gasteiger partial charge in [-0.25, -0.2) is 14.5 Å². The Bertz CT molecular complexity index is 1060. The van der Waals surface area contributed by atoms with Crippen molar-refractivity contribution in [2.75, 3.05) is 31.0 Å². The highest BCUT2D eigenvalue weighted by Gasteiger charge is 2.21. The zero-order valence-electron chi connectivity index (χ0n) is 19.4. The van der Waals surface area contributed by atoms with Crippen LogP contribution in [-0.2, 0) is 16.1 Å². The second-order valence-electron chi connectivity index (χ2n) is 9.09. The Morgan fingerprint density at radius 3 is 2.48 bits per heavy atom. The SMILES string of the molecule is COCCOCc1nn2c(NC3CCCC3)cccc2c1-c1ccnc(NC2CCCC2)n1.